The van der Waals surface area contributed by atoms with Crippen LogP contribution in [-0.2, 0) is 16.4 Å². The van der Waals surface area contributed by atoms with E-state index in [1.807, 2.05) is 11.4 Å². The number of nitrogens with one attached hydrogen (secondary N) is 1. The summed E-state index contributed by atoms with van der Waals surface area (Å²) < 4.78 is 23.9. The molecule has 2 aliphatic heterocycles. The van der Waals surface area contributed by atoms with E-state index in [9.17, 15) is 13.2 Å². The number of rotatable bonds is 3. The lowest BCUT2D eigenvalue weighted by molar-refractivity contribution is 0.0984. The van der Waals surface area contributed by atoms with Crippen LogP contribution in [0.4, 0.5) is 0 Å². The molecule has 2 aliphatic rings. The molecule has 130 valence electrons. The number of aromatic amines is 1. The van der Waals surface area contributed by atoms with Crippen molar-refractivity contribution in [2.75, 3.05) is 37.7 Å². The second kappa shape index (κ2) is 6.21. The molecule has 4 rings (SSSR count). The van der Waals surface area contributed by atoms with Crippen LogP contribution >= 0.6 is 11.3 Å². The summed E-state index contributed by atoms with van der Waals surface area (Å²) in [6.45, 7) is 4.08. The average molecular weight is 368 g/mol. The summed E-state index contributed by atoms with van der Waals surface area (Å²) in [5.41, 5.74) is 0.688. The summed E-state index contributed by atoms with van der Waals surface area (Å²) in [6.07, 6.45) is 0.756. The Bertz CT molecular complexity index is 897. The van der Waals surface area contributed by atoms with E-state index in [1.165, 1.54) is 11.3 Å². The molecule has 9 heteroatoms. The Labute approximate surface area is 144 Å². The highest BCUT2D eigenvalue weighted by molar-refractivity contribution is 7.91. The van der Waals surface area contributed by atoms with Gasteiger partial charge in [0.15, 0.2) is 9.84 Å². The first-order valence-electron chi connectivity index (χ1n) is 8.13. The van der Waals surface area contributed by atoms with Gasteiger partial charge in [0, 0.05) is 32.2 Å². The minimum absolute atomic E-state index is 0.0696. The van der Waals surface area contributed by atoms with Crippen LogP contribution in [0.5, 0.6) is 0 Å². The van der Waals surface area contributed by atoms with E-state index in [-0.39, 0.29) is 11.6 Å². The van der Waals surface area contributed by atoms with Crippen molar-refractivity contribution in [3.63, 3.8) is 0 Å². The number of thiophene rings is 1. The molecule has 0 aromatic carbocycles. The summed E-state index contributed by atoms with van der Waals surface area (Å²) in [5, 5.41) is 1.88. The molecule has 1 unspecified atom stereocenters. The summed E-state index contributed by atoms with van der Waals surface area (Å²) in [4.78, 5) is 24.0. The molecular weight excluding hydrogens is 348 g/mol. The van der Waals surface area contributed by atoms with Crippen molar-refractivity contribution >= 4 is 31.4 Å². The van der Waals surface area contributed by atoms with Gasteiger partial charge >= 0.3 is 0 Å². The maximum absolute atomic E-state index is 12.0. The zero-order chi connectivity index (χ0) is 16.7. The first kappa shape index (κ1) is 16.2. The molecule has 2 fully saturated rings. The fourth-order valence-corrected chi connectivity index (χ4v) is 6.05. The Kier molecular flexibility index (Phi) is 4.19. The number of nitrogens with zero attached hydrogens (tertiary/aromatic N) is 3. The molecule has 0 bridgehead atoms. The average Bonchev–Trinajstić information content (AvgIpc) is 3.14. The summed E-state index contributed by atoms with van der Waals surface area (Å²) in [5.74, 6) is 1.32. The molecule has 0 spiro atoms. The van der Waals surface area contributed by atoms with Crippen LogP contribution in [0.15, 0.2) is 16.2 Å². The lowest BCUT2D eigenvalue weighted by atomic mass is 10.2. The fourth-order valence-electron chi connectivity index (χ4n) is 3.56. The molecular formula is C15H20N4O3S2. The Morgan fingerprint density at radius 1 is 1.29 bits per heavy atom. The topological polar surface area (TPSA) is 86.4 Å². The van der Waals surface area contributed by atoms with Gasteiger partial charge in [0.05, 0.1) is 23.6 Å². The van der Waals surface area contributed by atoms with Crippen LogP contribution in [0.1, 0.15) is 12.2 Å². The summed E-state index contributed by atoms with van der Waals surface area (Å²) in [6, 6.07) is 2.05. The molecule has 0 amide bonds. The monoisotopic (exact) mass is 368 g/mol. The standard InChI is InChI=1S/C15H20N4O3S2/c20-15-14-12(1-7-23-14)16-13(17-15)9-18-3-5-19(6-4-18)11-2-8-24(21,22)10-11/h1,7,11H,2-6,8-10H2,(H,16,17,20). The van der Waals surface area contributed by atoms with E-state index in [2.05, 4.69) is 19.8 Å². The van der Waals surface area contributed by atoms with Crippen LogP contribution in [0.2, 0.25) is 0 Å². The third-order valence-corrected chi connectivity index (χ3v) is 7.52. The summed E-state index contributed by atoms with van der Waals surface area (Å²) >= 11 is 1.41. The molecule has 1 atom stereocenters. The highest BCUT2D eigenvalue weighted by atomic mass is 32.2. The van der Waals surface area contributed by atoms with Gasteiger partial charge < -0.3 is 4.98 Å². The minimum atomic E-state index is -2.83. The maximum atomic E-state index is 12.0. The molecule has 2 aromatic heterocycles. The van der Waals surface area contributed by atoms with Gasteiger partial charge in [-0.1, -0.05) is 0 Å². The number of hydrogen-bond donors (Lipinski definition) is 1. The van der Waals surface area contributed by atoms with Crippen LogP contribution in [0.25, 0.3) is 10.2 Å². The second-order valence-corrected chi connectivity index (χ2v) is 9.66. The second-order valence-electron chi connectivity index (χ2n) is 6.52. The molecule has 0 saturated carbocycles. The fraction of sp³-hybridized carbons (Fsp3) is 0.600. The first-order valence-corrected chi connectivity index (χ1v) is 10.8. The highest BCUT2D eigenvalue weighted by Crippen LogP contribution is 2.20. The number of H-pyrrole nitrogens is 1. The van der Waals surface area contributed by atoms with Crippen molar-refractivity contribution in [3.05, 3.63) is 27.6 Å². The Morgan fingerprint density at radius 2 is 2.08 bits per heavy atom. The SMILES string of the molecule is O=c1[nH]c(CN2CCN(C3CCS(=O)(=O)C3)CC2)nc2ccsc12. The molecule has 2 aromatic rings. The van der Waals surface area contributed by atoms with Crippen LogP contribution in [0, 0.1) is 0 Å². The van der Waals surface area contributed by atoms with E-state index < -0.39 is 9.84 Å². The van der Waals surface area contributed by atoms with Crippen molar-refractivity contribution in [2.24, 2.45) is 0 Å². The third-order valence-electron chi connectivity index (χ3n) is 4.87. The Morgan fingerprint density at radius 3 is 2.79 bits per heavy atom. The quantitative estimate of drug-likeness (QED) is 0.838. The normalized spacial score (nSPS) is 25.4. The molecule has 4 heterocycles. The summed E-state index contributed by atoms with van der Waals surface area (Å²) in [7, 11) is -2.83. The molecule has 0 radical (unpaired) electrons. The van der Waals surface area contributed by atoms with E-state index in [0.29, 0.717) is 28.6 Å². The van der Waals surface area contributed by atoms with Gasteiger partial charge in [-0.3, -0.25) is 14.6 Å². The molecule has 1 N–H and O–H groups in total. The van der Waals surface area contributed by atoms with Gasteiger partial charge in [0.2, 0.25) is 0 Å². The van der Waals surface area contributed by atoms with Gasteiger partial charge in [-0.2, -0.15) is 0 Å². The zero-order valence-electron chi connectivity index (χ0n) is 13.3. The van der Waals surface area contributed by atoms with Gasteiger partial charge in [-0.05, 0) is 17.9 Å². The van der Waals surface area contributed by atoms with E-state index >= 15 is 0 Å². The predicted octanol–water partition coefficient (Wildman–Crippen LogP) is 0.289. The molecule has 24 heavy (non-hydrogen) atoms. The molecule has 7 nitrogen and oxygen atoms in total. The van der Waals surface area contributed by atoms with Crippen LogP contribution < -0.4 is 5.56 Å². The van der Waals surface area contributed by atoms with Crippen molar-refractivity contribution < 1.29 is 8.42 Å². The van der Waals surface area contributed by atoms with Crippen LogP contribution in [-0.4, -0.2) is 71.9 Å². The number of piperazine rings is 1. The third kappa shape index (κ3) is 3.26. The van der Waals surface area contributed by atoms with Gasteiger partial charge in [-0.15, -0.1) is 11.3 Å². The Balaban J connectivity index is 1.38. The Hall–Kier alpha value is -1.29. The van der Waals surface area contributed by atoms with Crippen molar-refractivity contribution in [1.29, 1.82) is 0 Å². The van der Waals surface area contributed by atoms with E-state index in [0.717, 1.165) is 38.1 Å². The number of sulfone groups is 1. The van der Waals surface area contributed by atoms with Crippen LogP contribution in [0.3, 0.4) is 0 Å². The van der Waals surface area contributed by atoms with E-state index in [4.69, 9.17) is 0 Å². The van der Waals surface area contributed by atoms with E-state index in [1.54, 1.807) is 0 Å². The zero-order valence-corrected chi connectivity index (χ0v) is 14.9. The van der Waals surface area contributed by atoms with Gasteiger partial charge in [-0.25, -0.2) is 13.4 Å². The number of fused-ring (bicyclic) bond motifs is 1. The van der Waals surface area contributed by atoms with Crippen molar-refractivity contribution in [2.45, 2.75) is 19.0 Å². The minimum Gasteiger partial charge on any atom is -0.308 e. The lowest BCUT2D eigenvalue weighted by Gasteiger charge is -2.37. The van der Waals surface area contributed by atoms with Crippen molar-refractivity contribution in [3.8, 4) is 0 Å². The lowest BCUT2D eigenvalue weighted by Crippen LogP contribution is -2.50. The first-order chi connectivity index (χ1) is 11.5. The van der Waals surface area contributed by atoms with Gasteiger partial charge in [0.1, 0.15) is 10.5 Å². The molecule has 0 aliphatic carbocycles. The number of hydrogen-bond acceptors (Lipinski definition) is 7. The smallest absolute Gasteiger partial charge is 0.268 e. The van der Waals surface area contributed by atoms with Crippen molar-refractivity contribution in [1.82, 2.24) is 19.8 Å². The maximum Gasteiger partial charge on any atom is 0.268 e. The number of aromatic nitrogens is 2. The predicted molar refractivity (Wildman–Crippen MR) is 94.1 cm³/mol. The van der Waals surface area contributed by atoms with Gasteiger partial charge in [0.25, 0.3) is 5.56 Å². The largest absolute Gasteiger partial charge is 0.308 e. The highest BCUT2D eigenvalue weighted by Gasteiger charge is 2.33. The molecule has 2 saturated heterocycles.